The molecule has 0 spiro atoms. The van der Waals surface area contributed by atoms with Crippen molar-refractivity contribution in [2.75, 3.05) is 44.8 Å². The van der Waals surface area contributed by atoms with Gasteiger partial charge in [0, 0.05) is 45.1 Å². The topological polar surface area (TPSA) is 105 Å². The molecule has 0 aromatic heterocycles. The maximum Gasteiger partial charge on any atom is 0.257 e. The average Bonchev–Trinajstić information content (AvgIpc) is 3.56. The predicted molar refractivity (Wildman–Crippen MR) is 121 cm³/mol. The van der Waals surface area contributed by atoms with Crippen molar-refractivity contribution in [1.82, 2.24) is 9.80 Å². The van der Waals surface area contributed by atoms with Gasteiger partial charge < -0.3 is 19.3 Å². The second-order valence-electron chi connectivity index (χ2n) is 8.95. The number of fused-ring (bicyclic) bond motifs is 1. The maximum absolute atomic E-state index is 13.2. The summed E-state index contributed by atoms with van der Waals surface area (Å²) in [6, 6.07) is 4.36. The number of carbonyl (C=O) groups excluding carboxylic acids is 2. The van der Waals surface area contributed by atoms with Crippen LogP contribution < -0.4 is 9.46 Å². The second kappa shape index (κ2) is 9.66. The standard InChI is InChI=1S/C22H33N3O6S/c1-14-11-25(21(26)16-6-7-16)15(2)13-31-19-10-17(23-32(5,28)29)8-9-18(19)22(27)24(3)12-20(14)30-4/h8-10,14-16,20,23H,6-7,11-13H2,1-5H3/t14-,15+,20+/m0/s1. The van der Waals surface area contributed by atoms with Gasteiger partial charge in [0.15, 0.2) is 0 Å². The largest absolute Gasteiger partial charge is 0.491 e. The number of carbonyl (C=O) groups is 2. The minimum atomic E-state index is -3.49. The number of anilines is 1. The molecule has 2 aliphatic rings. The summed E-state index contributed by atoms with van der Waals surface area (Å²) < 4.78 is 37.4. The molecule has 9 nitrogen and oxygen atoms in total. The molecule has 2 amide bonds. The fourth-order valence-corrected chi connectivity index (χ4v) is 4.48. The van der Waals surface area contributed by atoms with Crippen LogP contribution in [-0.4, -0.2) is 82.3 Å². The fraction of sp³-hybridized carbons (Fsp3) is 0.636. The first-order valence-corrected chi connectivity index (χ1v) is 12.7. The molecule has 10 heteroatoms. The molecule has 0 radical (unpaired) electrons. The highest BCUT2D eigenvalue weighted by Crippen LogP contribution is 2.33. The molecule has 0 bridgehead atoms. The van der Waals surface area contributed by atoms with Gasteiger partial charge in [0.1, 0.15) is 12.4 Å². The molecule has 0 saturated heterocycles. The molecule has 178 valence electrons. The van der Waals surface area contributed by atoms with E-state index >= 15 is 0 Å². The van der Waals surface area contributed by atoms with Crippen LogP contribution >= 0.6 is 0 Å². The summed E-state index contributed by atoms with van der Waals surface area (Å²) in [6.07, 6.45) is 2.62. The third kappa shape index (κ3) is 5.92. The van der Waals surface area contributed by atoms with Crippen molar-refractivity contribution in [3.63, 3.8) is 0 Å². The van der Waals surface area contributed by atoms with Crippen molar-refractivity contribution in [2.45, 2.75) is 38.8 Å². The normalized spacial score (nSPS) is 25.3. The van der Waals surface area contributed by atoms with E-state index in [1.165, 1.54) is 12.1 Å². The summed E-state index contributed by atoms with van der Waals surface area (Å²) in [5.74, 6) is 0.223. The zero-order valence-electron chi connectivity index (χ0n) is 19.3. The highest BCUT2D eigenvalue weighted by molar-refractivity contribution is 7.92. The fourth-order valence-electron chi connectivity index (χ4n) is 3.92. The quantitative estimate of drug-likeness (QED) is 0.724. The molecular formula is C22H33N3O6S. The van der Waals surface area contributed by atoms with Crippen molar-refractivity contribution in [3.05, 3.63) is 23.8 Å². The molecule has 3 rings (SSSR count). The van der Waals surface area contributed by atoms with Gasteiger partial charge in [-0.25, -0.2) is 8.42 Å². The van der Waals surface area contributed by atoms with E-state index in [4.69, 9.17) is 9.47 Å². The average molecular weight is 468 g/mol. The van der Waals surface area contributed by atoms with Crippen LogP contribution in [0.2, 0.25) is 0 Å². The molecule has 1 aromatic rings. The number of methoxy groups -OCH3 is 1. The van der Waals surface area contributed by atoms with Gasteiger partial charge in [-0.1, -0.05) is 6.92 Å². The van der Waals surface area contributed by atoms with E-state index in [9.17, 15) is 18.0 Å². The molecular weight excluding hydrogens is 434 g/mol. The number of nitrogens with zero attached hydrogens (tertiary/aromatic N) is 2. The molecule has 1 aliphatic heterocycles. The summed E-state index contributed by atoms with van der Waals surface area (Å²) in [5, 5.41) is 0. The number of nitrogens with one attached hydrogen (secondary N) is 1. The summed E-state index contributed by atoms with van der Waals surface area (Å²) in [5.41, 5.74) is 0.623. The van der Waals surface area contributed by atoms with Crippen LogP contribution in [0.3, 0.4) is 0 Å². The van der Waals surface area contributed by atoms with Gasteiger partial charge >= 0.3 is 0 Å². The van der Waals surface area contributed by atoms with Crippen molar-refractivity contribution >= 4 is 27.5 Å². The van der Waals surface area contributed by atoms with E-state index in [1.807, 2.05) is 18.7 Å². The SMILES string of the molecule is CO[C@@H]1CN(C)C(=O)c2ccc(NS(C)(=O)=O)cc2OC[C@@H](C)N(C(=O)C2CC2)C[C@@H]1C. The van der Waals surface area contributed by atoms with E-state index in [-0.39, 0.29) is 48.2 Å². The lowest BCUT2D eigenvalue weighted by Crippen LogP contribution is -2.49. The Morgan fingerprint density at radius 1 is 1.22 bits per heavy atom. The van der Waals surface area contributed by atoms with Crippen LogP contribution in [-0.2, 0) is 19.6 Å². The molecule has 0 unspecified atom stereocenters. The van der Waals surface area contributed by atoms with E-state index in [1.54, 1.807) is 25.1 Å². The number of likely N-dealkylation sites (N-methyl/N-ethyl adjacent to an activating group) is 1. The zero-order valence-corrected chi connectivity index (χ0v) is 20.1. The van der Waals surface area contributed by atoms with Crippen LogP contribution in [0.25, 0.3) is 0 Å². The number of ether oxygens (including phenoxy) is 2. The van der Waals surface area contributed by atoms with E-state index in [2.05, 4.69) is 4.72 Å². The van der Waals surface area contributed by atoms with Gasteiger partial charge in [0.05, 0.1) is 29.7 Å². The Morgan fingerprint density at radius 3 is 2.50 bits per heavy atom. The Labute approximate surface area is 190 Å². The van der Waals surface area contributed by atoms with Crippen LogP contribution in [0.1, 0.15) is 37.0 Å². The summed E-state index contributed by atoms with van der Waals surface area (Å²) >= 11 is 0. The first kappa shape index (κ1) is 24.3. The number of rotatable bonds is 4. The number of sulfonamides is 1. The Balaban J connectivity index is 1.97. The monoisotopic (exact) mass is 467 g/mol. The zero-order chi connectivity index (χ0) is 23.6. The Morgan fingerprint density at radius 2 is 1.91 bits per heavy atom. The lowest BCUT2D eigenvalue weighted by molar-refractivity contribution is -0.136. The Bertz CT molecular complexity index is 962. The molecule has 1 fully saturated rings. The van der Waals surface area contributed by atoms with Crippen molar-refractivity contribution < 1.29 is 27.5 Å². The highest BCUT2D eigenvalue weighted by atomic mass is 32.2. The predicted octanol–water partition coefficient (Wildman–Crippen LogP) is 1.80. The number of amides is 2. The molecule has 1 aliphatic carbocycles. The highest BCUT2D eigenvalue weighted by Gasteiger charge is 2.37. The first-order valence-electron chi connectivity index (χ1n) is 10.8. The third-order valence-electron chi connectivity index (χ3n) is 5.96. The smallest absolute Gasteiger partial charge is 0.257 e. The number of hydrogen-bond donors (Lipinski definition) is 1. The van der Waals surface area contributed by atoms with Gasteiger partial charge in [-0.15, -0.1) is 0 Å². The summed E-state index contributed by atoms with van der Waals surface area (Å²) in [6.45, 7) is 4.97. The molecule has 1 aromatic carbocycles. The maximum atomic E-state index is 13.2. The summed E-state index contributed by atoms with van der Waals surface area (Å²) in [7, 11) is -0.186. The Kier molecular flexibility index (Phi) is 7.34. The van der Waals surface area contributed by atoms with Crippen molar-refractivity contribution in [3.8, 4) is 5.75 Å². The van der Waals surface area contributed by atoms with Crippen molar-refractivity contribution in [1.29, 1.82) is 0 Å². The van der Waals surface area contributed by atoms with Crippen molar-refractivity contribution in [2.24, 2.45) is 11.8 Å². The molecule has 3 atom stereocenters. The molecule has 1 N–H and O–H groups in total. The van der Waals surface area contributed by atoms with Gasteiger partial charge in [-0.05, 0) is 31.9 Å². The second-order valence-corrected chi connectivity index (χ2v) is 10.7. The van der Waals surface area contributed by atoms with Gasteiger partial charge in [0.2, 0.25) is 15.9 Å². The third-order valence-corrected chi connectivity index (χ3v) is 6.57. The number of hydrogen-bond acceptors (Lipinski definition) is 6. The Hall–Kier alpha value is -2.33. The van der Waals surface area contributed by atoms with E-state index in [0.29, 0.717) is 24.3 Å². The van der Waals surface area contributed by atoms with E-state index < -0.39 is 10.0 Å². The van der Waals surface area contributed by atoms with Crippen LogP contribution in [0.5, 0.6) is 5.75 Å². The van der Waals surface area contributed by atoms with Crippen LogP contribution in [0.15, 0.2) is 18.2 Å². The number of benzene rings is 1. The molecule has 32 heavy (non-hydrogen) atoms. The van der Waals surface area contributed by atoms with Crippen LogP contribution in [0, 0.1) is 11.8 Å². The van der Waals surface area contributed by atoms with Gasteiger partial charge in [-0.2, -0.15) is 0 Å². The minimum Gasteiger partial charge on any atom is -0.491 e. The lowest BCUT2D eigenvalue weighted by atomic mass is 10.0. The summed E-state index contributed by atoms with van der Waals surface area (Å²) in [4.78, 5) is 29.6. The molecule has 1 heterocycles. The van der Waals surface area contributed by atoms with Gasteiger partial charge in [-0.3, -0.25) is 14.3 Å². The van der Waals surface area contributed by atoms with E-state index in [0.717, 1.165) is 19.1 Å². The van der Waals surface area contributed by atoms with Crippen LogP contribution in [0.4, 0.5) is 5.69 Å². The van der Waals surface area contributed by atoms with Gasteiger partial charge in [0.25, 0.3) is 5.91 Å². The lowest BCUT2D eigenvalue weighted by Gasteiger charge is -2.36. The first-order chi connectivity index (χ1) is 15.0. The minimum absolute atomic E-state index is 0.0145. The molecule has 1 saturated carbocycles.